The Morgan fingerprint density at radius 2 is 1.86 bits per heavy atom. The molecule has 2 atom stereocenters. The van der Waals surface area contributed by atoms with Gasteiger partial charge in [0.25, 0.3) is 0 Å². The second kappa shape index (κ2) is 4.18. The Hall–Kier alpha value is -0.110. The number of piperidine rings is 1. The molecule has 0 aliphatic carbocycles. The molecule has 2 heteroatoms. The number of halogens is 1. The van der Waals surface area contributed by atoms with Crippen LogP contribution in [0, 0.1) is 5.41 Å². The Morgan fingerprint density at radius 1 is 1.21 bits per heavy atom. The van der Waals surface area contributed by atoms with Gasteiger partial charge in [-0.3, -0.25) is 0 Å². The van der Waals surface area contributed by atoms with Crippen molar-refractivity contribution in [2.24, 2.45) is 5.41 Å². The highest BCUT2D eigenvalue weighted by Crippen LogP contribution is 2.38. The third-order valence-electron chi connectivity index (χ3n) is 3.61. The van der Waals surface area contributed by atoms with Gasteiger partial charge in [-0.25, -0.2) is 4.39 Å². The van der Waals surface area contributed by atoms with Gasteiger partial charge in [0.1, 0.15) is 5.67 Å². The summed E-state index contributed by atoms with van der Waals surface area (Å²) in [6, 6.07) is 0.387. The lowest BCUT2D eigenvalue weighted by Crippen LogP contribution is -2.44. The molecular formula is C12H24FN. The van der Waals surface area contributed by atoms with E-state index < -0.39 is 5.67 Å². The standard InChI is InChI=1S/C12H24FN/c1-11(2,3)12(4,13)9-10-7-5-6-8-14-10/h10,14H,5-9H2,1-4H3. The van der Waals surface area contributed by atoms with Crippen molar-refractivity contribution >= 4 is 0 Å². The first kappa shape index (κ1) is 12.0. The van der Waals surface area contributed by atoms with Crippen molar-refractivity contribution in [1.29, 1.82) is 0 Å². The maximum Gasteiger partial charge on any atom is 0.114 e. The second-order valence-corrected chi connectivity index (χ2v) is 5.80. The topological polar surface area (TPSA) is 12.0 Å². The van der Waals surface area contributed by atoms with E-state index in [1.807, 2.05) is 20.8 Å². The molecule has 0 saturated carbocycles. The van der Waals surface area contributed by atoms with Crippen molar-refractivity contribution in [2.75, 3.05) is 6.54 Å². The lowest BCUT2D eigenvalue weighted by Gasteiger charge is -2.38. The summed E-state index contributed by atoms with van der Waals surface area (Å²) >= 11 is 0. The molecule has 0 spiro atoms. The maximum atomic E-state index is 14.3. The molecule has 1 nitrogen and oxygen atoms in total. The molecule has 2 unspecified atom stereocenters. The molecule has 1 aliphatic rings. The smallest absolute Gasteiger partial charge is 0.114 e. The van der Waals surface area contributed by atoms with Gasteiger partial charge in [0, 0.05) is 6.04 Å². The van der Waals surface area contributed by atoms with E-state index in [1.165, 1.54) is 12.8 Å². The van der Waals surface area contributed by atoms with Gasteiger partial charge in [-0.2, -0.15) is 0 Å². The molecule has 1 N–H and O–H groups in total. The molecule has 0 aromatic rings. The van der Waals surface area contributed by atoms with E-state index >= 15 is 0 Å². The third kappa shape index (κ3) is 2.94. The summed E-state index contributed by atoms with van der Waals surface area (Å²) in [5, 5.41) is 3.41. The first-order chi connectivity index (χ1) is 6.33. The summed E-state index contributed by atoms with van der Waals surface area (Å²) in [7, 11) is 0. The van der Waals surface area contributed by atoms with E-state index in [0.29, 0.717) is 12.5 Å². The normalized spacial score (nSPS) is 28.5. The Morgan fingerprint density at radius 3 is 2.29 bits per heavy atom. The first-order valence-electron chi connectivity index (χ1n) is 5.75. The van der Waals surface area contributed by atoms with Crippen LogP contribution in [0.4, 0.5) is 4.39 Å². The quantitative estimate of drug-likeness (QED) is 0.723. The molecular weight excluding hydrogens is 177 g/mol. The van der Waals surface area contributed by atoms with E-state index in [2.05, 4.69) is 5.32 Å². The van der Waals surface area contributed by atoms with Gasteiger partial charge in [0.2, 0.25) is 0 Å². The van der Waals surface area contributed by atoms with Gasteiger partial charge >= 0.3 is 0 Å². The first-order valence-corrected chi connectivity index (χ1v) is 5.75. The molecule has 84 valence electrons. The zero-order valence-corrected chi connectivity index (χ0v) is 9.99. The average molecular weight is 201 g/mol. The van der Waals surface area contributed by atoms with Gasteiger partial charge in [-0.05, 0) is 38.1 Å². The van der Waals surface area contributed by atoms with Gasteiger partial charge < -0.3 is 5.32 Å². The van der Waals surface area contributed by atoms with Crippen molar-refractivity contribution in [3.8, 4) is 0 Å². The summed E-state index contributed by atoms with van der Waals surface area (Å²) in [5.74, 6) is 0. The van der Waals surface area contributed by atoms with E-state index in [4.69, 9.17) is 0 Å². The highest BCUT2D eigenvalue weighted by molar-refractivity contribution is 4.91. The molecule has 0 aromatic heterocycles. The fraction of sp³-hybridized carbons (Fsp3) is 1.00. The molecule has 1 aliphatic heterocycles. The zero-order chi connectivity index (χ0) is 10.8. The summed E-state index contributed by atoms with van der Waals surface area (Å²) < 4.78 is 14.3. The van der Waals surface area contributed by atoms with Crippen LogP contribution in [0.15, 0.2) is 0 Å². The summed E-state index contributed by atoms with van der Waals surface area (Å²) in [5.41, 5.74) is -1.33. The average Bonchev–Trinajstić information content (AvgIpc) is 2.03. The molecule has 1 heterocycles. The zero-order valence-electron chi connectivity index (χ0n) is 9.99. The predicted octanol–water partition coefficient (Wildman–Crippen LogP) is 3.29. The highest BCUT2D eigenvalue weighted by Gasteiger charge is 2.39. The predicted molar refractivity (Wildman–Crippen MR) is 59.2 cm³/mol. The number of hydrogen-bond acceptors (Lipinski definition) is 1. The summed E-state index contributed by atoms with van der Waals surface area (Å²) in [6.45, 7) is 8.75. The highest BCUT2D eigenvalue weighted by atomic mass is 19.1. The van der Waals surface area contributed by atoms with Crippen LogP contribution in [0.5, 0.6) is 0 Å². The Bertz CT molecular complexity index is 175. The van der Waals surface area contributed by atoms with Crippen LogP contribution in [0.3, 0.4) is 0 Å². The monoisotopic (exact) mass is 201 g/mol. The van der Waals surface area contributed by atoms with Gasteiger partial charge in [-0.15, -0.1) is 0 Å². The summed E-state index contributed by atoms with van der Waals surface area (Å²) in [4.78, 5) is 0. The molecule has 0 radical (unpaired) electrons. The largest absolute Gasteiger partial charge is 0.314 e. The molecule has 1 saturated heterocycles. The van der Waals surface area contributed by atoms with Crippen molar-refractivity contribution in [1.82, 2.24) is 5.32 Å². The maximum absolute atomic E-state index is 14.3. The van der Waals surface area contributed by atoms with E-state index in [9.17, 15) is 4.39 Å². The molecule has 14 heavy (non-hydrogen) atoms. The van der Waals surface area contributed by atoms with Crippen LogP contribution in [-0.2, 0) is 0 Å². The van der Waals surface area contributed by atoms with Crippen LogP contribution >= 0.6 is 0 Å². The number of nitrogens with one attached hydrogen (secondary N) is 1. The van der Waals surface area contributed by atoms with Crippen molar-refractivity contribution in [3.63, 3.8) is 0 Å². The number of alkyl halides is 1. The van der Waals surface area contributed by atoms with Crippen LogP contribution in [-0.4, -0.2) is 18.3 Å². The van der Waals surface area contributed by atoms with Crippen LogP contribution in [0.25, 0.3) is 0 Å². The second-order valence-electron chi connectivity index (χ2n) is 5.80. The summed E-state index contributed by atoms with van der Waals surface area (Å²) in [6.07, 6.45) is 4.28. The minimum absolute atomic E-state index is 0.258. The fourth-order valence-electron chi connectivity index (χ4n) is 1.87. The molecule has 0 bridgehead atoms. The van der Waals surface area contributed by atoms with Crippen LogP contribution in [0.2, 0.25) is 0 Å². The van der Waals surface area contributed by atoms with Gasteiger partial charge in [0.15, 0.2) is 0 Å². The lowest BCUT2D eigenvalue weighted by molar-refractivity contribution is 0.0262. The van der Waals surface area contributed by atoms with E-state index in [1.54, 1.807) is 6.92 Å². The van der Waals surface area contributed by atoms with Crippen molar-refractivity contribution < 1.29 is 4.39 Å². The van der Waals surface area contributed by atoms with Gasteiger partial charge in [0.05, 0.1) is 0 Å². The number of hydrogen-bond donors (Lipinski definition) is 1. The minimum atomic E-state index is -1.07. The lowest BCUT2D eigenvalue weighted by atomic mass is 9.75. The third-order valence-corrected chi connectivity index (χ3v) is 3.61. The SMILES string of the molecule is CC(C)(C)C(C)(F)CC1CCCCN1. The van der Waals surface area contributed by atoms with Crippen LogP contribution in [0.1, 0.15) is 53.4 Å². The molecule has 0 aromatic carbocycles. The van der Waals surface area contributed by atoms with E-state index in [-0.39, 0.29) is 5.41 Å². The Kier molecular flexibility index (Phi) is 3.57. The Labute approximate surface area is 87.5 Å². The fourth-order valence-corrected chi connectivity index (χ4v) is 1.87. The molecule has 1 fully saturated rings. The Balaban J connectivity index is 2.49. The van der Waals surface area contributed by atoms with Crippen molar-refractivity contribution in [3.05, 3.63) is 0 Å². The van der Waals surface area contributed by atoms with Gasteiger partial charge in [-0.1, -0.05) is 27.2 Å². The molecule has 0 amide bonds. The number of rotatable bonds is 2. The van der Waals surface area contributed by atoms with Crippen molar-refractivity contribution in [2.45, 2.75) is 65.1 Å². The van der Waals surface area contributed by atoms with Crippen LogP contribution < -0.4 is 5.32 Å². The molecule has 1 rings (SSSR count). The van der Waals surface area contributed by atoms with E-state index in [0.717, 1.165) is 13.0 Å². The minimum Gasteiger partial charge on any atom is -0.314 e.